The van der Waals surface area contributed by atoms with E-state index in [9.17, 15) is 19.1 Å². The third-order valence-corrected chi connectivity index (χ3v) is 6.72. The number of carboxylic acid groups (broad SMARTS) is 1. The van der Waals surface area contributed by atoms with Gasteiger partial charge in [-0.25, -0.2) is 9.18 Å². The van der Waals surface area contributed by atoms with Gasteiger partial charge in [0.25, 0.3) is 0 Å². The van der Waals surface area contributed by atoms with Crippen LogP contribution in [-0.4, -0.2) is 24.1 Å². The first-order valence-electron chi connectivity index (χ1n) is 11.1. The topological polar surface area (TPSA) is 84.9 Å². The van der Waals surface area contributed by atoms with E-state index in [0.29, 0.717) is 36.3 Å². The van der Waals surface area contributed by atoms with Gasteiger partial charge in [-0.3, -0.25) is 4.79 Å². The zero-order chi connectivity index (χ0) is 23.9. The van der Waals surface area contributed by atoms with E-state index in [1.807, 2.05) is 12.1 Å². The second-order valence-electron chi connectivity index (χ2n) is 8.76. The molecule has 0 aromatic heterocycles. The first-order valence-corrected chi connectivity index (χ1v) is 11.1. The molecule has 0 bridgehead atoms. The number of carboxylic acids is 1. The number of methoxy groups -OCH3 is 1. The second kappa shape index (κ2) is 8.48. The quantitative estimate of drug-likeness (QED) is 0.543. The molecule has 0 radical (unpaired) electrons. The molecule has 1 fully saturated rings. The SMILES string of the molecule is COc1ccc2c(c1)O[C@@H](c1ccc(C(=O)O)cc1)C[C@H]2NC(=O)C1(c2ccccc2F)CC1. The number of nitrogens with one attached hydrogen (secondary N) is 1. The number of amides is 1. The van der Waals surface area contributed by atoms with Crippen LogP contribution in [0.15, 0.2) is 66.7 Å². The van der Waals surface area contributed by atoms with E-state index in [1.165, 1.54) is 18.2 Å². The van der Waals surface area contributed by atoms with Gasteiger partial charge in [0.05, 0.1) is 24.1 Å². The maximum Gasteiger partial charge on any atom is 0.335 e. The summed E-state index contributed by atoms with van der Waals surface area (Å²) in [6, 6.07) is 18.0. The lowest BCUT2D eigenvalue weighted by atomic mass is 9.90. The number of carbonyl (C=O) groups is 2. The van der Waals surface area contributed by atoms with Crippen LogP contribution in [0.2, 0.25) is 0 Å². The molecule has 1 aliphatic carbocycles. The molecule has 0 saturated heterocycles. The van der Waals surface area contributed by atoms with Crippen molar-refractivity contribution in [1.82, 2.24) is 5.32 Å². The van der Waals surface area contributed by atoms with Crippen molar-refractivity contribution in [3.63, 3.8) is 0 Å². The number of aromatic carboxylic acids is 1. The number of rotatable bonds is 6. The van der Waals surface area contributed by atoms with E-state index in [-0.39, 0.29) is 23.3 Å². The fourth-order valence-electron chi connectivity index (χ4n) is 4.64. The van der Waals surface area contributed by atoms with Gasteiger partial charge >= 0.3 is 5.97 Å². The summed E-state index contributed by atoms with van der Waals surface area (Å²) in [5.41, 5.74) is 1.38. The molecular weight excluding hydrogens is 437 g/mol. The van der Waals surface area contributed by atoms with Crippen molar-refractivity contribution < 1.29 is 28.6 Å². The maximum atomic E-state index is 14.5. The summed E-state index contributed by atoms with van der Waals surface area (Å²) in [4.78, 5) is 24.7. The smallest absolute Gasteiger partial charge is 0.335 e. The van der Waals surface area contributed by atoms with Crippen LogP contribution in [0, 0.1) is 5.82 Å². The van der Waals surface area contributed by atoms with Gasteiger partial charge in [0.15, 0.2) is 0 Å². The van der Waals surface area contributed by atoms with Gasteiger partial charge in [0.1, 0.15) is 23.4 Å². The molecule has 174 valence electrons. The summed E-state index contributed by atoms with van der Waals surface area (Å²) in [5, 5.41) is 12.3. The Balaban J connectivity index is 1.45. The minimum absolute atomic E-state index is 0.187. The third-order valence-electron chi connectivity index (χ3n) is 6.72. The number of hydrogen-bond donors (Lipinski definition) is 2. The van der Waals surface area contributed by atoms with E-state index >= 15 is 0 Å². The predicted molar refractivity (Wildman–Crippen MR) is 123 cm³/mol. The molecule has 1 heterocycles. The third kappa shape index (κ3) is 3.87. The lowest BCUT2D eigenvalue weighted by Crippen LogP contribution is -2.40. The van der Waals surface area contributed by atoms with Gasteiger partial charge in [0.2, 0.25) is 5.91 Å². The molecular formula is C27H24FNO5. The number of hydrogen-bond acceptors (Lipinski definition) is 4. The van der Waals surface area contributed by atoms with Gasteiger partial charge in [-0.2, -0.15) is 0 Å². The van der Waals surface area contributed by atoms with E-state index in [1.54, 1.807) is 43.5 Å². The van der Waals surface area contributed by atoms with Crippen LogP contribution >= 0.6 is 0 Å². The van der Waals surface area contributed by atoms with E-state index in [2.05, 4.69) is 5.32 Å². The summed E-state index contributed by atoms with van der Waals surface area (Å²) >= 11 is 0. The molecule has 2 aliphatic rings. The fourth-order valence-corrected chi connectivity index (χ4v) is 4.64. The highest BCUT2D eigenvalue weighted by Crippen LogP contribution is 2.50. The molecule has 1 amide bonds. The molecule has 5 rings (SSSR count). The van der Waals surface area contributed by atoms with Crippen molar-refractivity contribution in [3.05, 3.63) is 94.8 Å². The summed E-state index contributed by atoms with van der Waals surface area (Å²) in [6.45, 7) is 0. The Morgan fingerprint density at radius 3 is 2.47 bits per heavy atom. The average molecular weight is 461 g/mol. The Hall–Kier alpha value is -3.87. The molecule has 0 unspecified atom stereocenters. The summed E-state index contributed by atoms with van der Waals surface area (Å²) in [7, 11) is 1.57. The van der Waals surface area contributed by atoms with Crippen molar-refractivity contribution in [2.45, 2.75) is 36.8 Å². The van der Waals surface area contributed by atoms with Crippen LogP contribution in [0.25, 0.3) is 0 Å². The van der Waals surface area contributed by atoms with E-state index < -0.39 is 17.5 Å². The Morgan fingerprint density at radius 2 is 1.82 bits per heavy atom. The lowest BCUT2D eigenvalue weighted by Gasteiger charge is -2.34. The van der Waals surface area contributed by atoms with Crippen LogP contribution < -0.4 is 14.8 Å². The van der Waals surface area contributed by atoms with Gasteiger partial charge in [-0.15, -0.1) is 0 Å². The normalized spacial score (nSPS) is 19.9. The summed E-state index contributed by atoms with van der Waals surface area (Å²) in [6.07, 6.45) is 1.23. The van der Waals surface area contributed by atoms with Crippen molar-refractivity contribution >= 4 is 11.9 Å². The van der Waals surface area contributed by atoms with E-state index in [4.69, 9.17) is 9.47 Å². The van der Waals surface area contributed by atoms with Gasteiger partial charge in [-0.05, 0) is 48.7 Å². The van der Waals surface area contributed by atoms with Crippen LogP contribution in [-0.2, 0) is 10.2 Å². The average Bonchev–Trinajstić information content (AvgIpc) is 3.66. The number of ether oxygens (including phenoxy) is 2. The molecule has 2 N–H and O–H groups in total. The summed E-state index contributed by atoms with van der Waals surface area (Å²) in [5.74, 6) is -0.371. The number of fused-ring (bicyclic) bond motifs is 1. The summed E-state index contributed by atoms with van der Waals surface area (Å²) < 4.78 is 26.1. The highest BCUT2D eigenvalue weighted by atomic mass is 19.1. The molecule has 1 saturated carbocycles. The molecule has 1 aliphatic heterocycles. The Bertz CT molecular complexity index is 1250. The van der Waals surface area contributed by atoms with Crippen molar-refractivity contribution in [3.8, 4) is 11.5 Å². The highest BCUT2D eigenvalue weighted by molar-refractivity contribution is 5.91. The molecule has 7 heteroatoms. The van der Waals surface area contributed by atoms with Crippen molar-refractivity contribution in [2.24, 2.45) is 0 Å². The molecule has 6 nitrogen and oxygen atoms in total. The fraction of sp³-hybridized carbons (Fsp3) is 0.259. The van der Waals surface area contributed by atoms with Crippen molar-refractivity contribution in [1.29, 1.82) is 0 Å². The zero-order valence-electron chi connectivity index (χ0n) is 18.6. The maximum absolute atomic E-state index is 14.5. The van der Waals surface area contributed by atoms with Crippen LogP contribution in [0.5, 0.6) is 11.5 Å². The monoisotopic (exact) mass is 461 g/mol. The molecule has 3 aromatic rings. The highest BCUT2D eigenvalue weighted by Gasteiger charge is 2.53. The van der Waals surface area contributed by atoms with Crippen LogP contribution in [0.3, 0.4) is 0 Å². The zero-order valence-corrected chi connectivity index (χ0v) is 18.6. The Labute approximate surface area is 196 Å². The first kappa shape index (κ1) is 21.9. The van der Waals surface area contributed by atoms with E-state index in [0.717, 1.165) is 11.1 Å². The standard InChI is InChI=1S/C27H24FNO5/c1-33-18-10-11-19-22(29-26(32)27(12-13-27)20-4-2-3-5-21(20)28)15-23(34-24(19)14-18)16-6-8-17(9-7-16)25(30)31/h2-11,14,22-23H,12-13,15H2,1H3,(H,29,32)(H,30,31)/t22-,23-/m1/s1. The van der Waals surface area contributed by atoms with Crippen molar-refractivity contribution in [2.75, 3.05) is 7.11 Å². The van der Waals surface area contributed by atoms with Gasteiger partial charge in [-0.1, -0.05) is 30.3 Å². The Kier molecular flexibility index (Phi) is 5.48. The van der Waals surface area contributed by atoms with Gasteiger partial charge < -0.3 is 19.9 Å². The molecule has 2 atom stereocenters. The van der Waals surface area contributed by atoms with Gasteiger partial charge in [0, 0.05) is 23.6 Å². The molecule has 34 heavy (non-hydrogen) atoms. The predicted octanol–water partition coefficient (Wildman–Crippen LogP) is 4.95. The first-order chi connectivity index (χ1) is 16.4. The molecule has 3 aromatic carbocycles. The lowest BCUT2D eigenvalue weighted by molar-refractivity contribution is -0.124. The minimum atomic E-state index is -1.00. The minimum Gasteiger partial charge on any atom is -0.497 e. The largest absolute Gasteiger partial charge is 0.497 e. The second-order valence-corrected chi connectivity index (χ2v) is 8.76. The number of carbonyl (C=O) groups excluding carboxylic acids is 1. The Morgan fingerprint density at radius 1 is 1.09 bits per heavy atom. The number of benzene rings is 3. The van der Waals surface area contributed by atoms with Crippen LogP contribution in [0.1, 0.15) is 58.5 Å². The van der Waals surface area contributed by atoms with Crippen LogP contribution in [0.4, 0.5) is 4.39 Å². The molecule has 0 spiro atoms. The number of halogens is 1.